The van der Waals surface area contributed by atoms with Crippen LogP contribution in [0.3, 0.4) is 0 Å². The third-order valence-corrected chi connectivity index (χ3v) is 5.34. The van der Waals surface area contributed by atoms with Crippen LogP contribution in [0, 0.1) is 0 Å². The summed E-state index contributed by atoms with van der Waals surface area (Å²) in [5.74, 6) is 1.52. The Balaban J connectivity index is 2.03. The average Bonchev–Trinajstić information content (AvgIpc) is 2.67. The summed E-state index contributed by atoms with van der Waals surface area (Å²) in [5, 5.41) is 12.4. The van der Waals surface area contributed by atoms with Gasteiger partial charge in [-0.1, -0.05) is 20.3 Å². The molecule has 152 valence electrons. The molecule has 0 aliphatic carbocycles. The van der Waals surface area contributed by atoms with Gasteiger partial charge >= 0.3 is 6.03 Å². The number of benzene rings is 1. The topological polar surface area (TPSA) is 99.7 Å². The second kappa shape index (κ2) is 14.0. The molecule has 7 nitrogen and oxygen atoms in total. The Kier molecular flexibility index (Phi) is 11.9. The van der Waals surface area contributed by atoms with Crippen LogP contribution < -0.4 is 20.9 Å². The highest BCUT2D eigenvalue weighted by molar-refractivity contribution is 7.99. The van der Waals surface area contributed by atoms with Crippen LogP contribution in [0.5, 0.6) is 11.5 Å². The second-order valence-corrected chi connectivity index (χ2v) is 7.47. The number of hydrazine groups is 1. The molecule has 0 aliphatic rings. The number of hydrogen-bond acceptors (Lipinski definition) is 5. The number of ether oxygens (including phenoxy) is 1. The number of rotatable bonds is 12. The van der Waals surface area contributed by atoms with Crippen molar-refractivity contribution in [3.05, 3.63) is 24.3 Å². The zero-order chi connectivity index (χ0) is 19.9. The molecule has 27 heavy (non-hydrogen) atoms. The predicted molar refractivity (Wildman–Crippen MR) is 109 cm³/mol. The van der Waals surface area contributed by atoms with Crippen molar-refractivity contribution in [2.75, 3.05) is 18.9 Å². The molecule has 0 aromatic heterocycles. The Bertz CT molecular complexity index is 554. The van der Waals surface area contributed by atoms with E-state index < -0.39 is 6.03 Å². The molecule has 3 amide bonds. The fourth-order valence-corrected chi connectivity index (χ4v) is 3.60. The van der Waals surface area contributed by atoms with Gasteiger partial charge in [-0.05, 0) is 49.3 Å². The zero-order valence-electron chi connectivity index (χ0n) is 16.1. The molecule has 0 fully saturated rings. The Morgan fingerprint density at radius 2 is 1.93 bits per heavy atom. The van der Waals surface area contributed by atoms with Gasteiger partial charge in [-0.2, -0.15) is 11.8 Å². The summed E-state index contributed by atoms with van der Waals surface area (Å²) in [4.78, 5) is 23.3. The van der Waals surface area contributed by atoms with Gasteiger partial charge in [0.25, 0.3) is 0 Å². The SMILES string of the molecule is CCCC(CC)SCCCC(=O)NNC(=O)NCCOc1ccc(O)cc1. The van der Waals surface area contributed by atoms with Gasteiger partial charge in [0, 0.05) is 11.7 Å². The van der Waals surface area contributed by atoms with Crippen LogP contribution >= 0.6 is 11.8 Å². The van der Waals surface area contributed by atoms with E-state index in [4.69, 9.17) is 4.74 Å². The third-order valence-electron chi connectivity index (χ3n) is 3.78. The maximum Gasteiger partial charge on any atom is 0.333 e. The Morgan fingerprint density at radius 3 is 2.59 bits per heavy atom. The van der Waals surface area contributed by atoms with Crippen LogP contribution in [0.15, 0.2) is 24.3 Å². The number of phenols is 1. The number of aromatic hydroxyl groups is 1. The van der Waals surface area contributed by atoms with E-state index in [0.29, 0.717) is 17.4 Å². The number of nitrogens with one attached hydrogen (secondary N) is 3. The number of carbonyl (C=O) groups is 2. The molecular weight excluding hydrogens is 366 g/mol. The minimum Gasteiger partial charge on any atom is -0.508 e. The van der Waals surface area contributed by atoms with E-state index >= 15 is 0 Å². The first-order valence-electron chi connectivity index (χ1n) is 9.41. The maximum absolute atomic E-state index is 11.7. The summed E-state index contributed by atoms with van der Waals surface area (Å²) in [7, 11) is 0. The lowest BCUT2D eigenvalue weighted by atomic mass is 10.2. The lowest BCUT2D eigenvalue weighted by Crippen LogP contribution is -2.47. The maximum atomic E-state index is 11.7. The largest absolute Gasteiger partial charge is 0.508 e. The molecule has 1 unspecified atom stereocenters. The molecule has 0 saturated heterocycles. The quantitative estimate of drug-likeness (QED) is 0.321. The van der Waals surface area contributed by atoms with Crippen LogP contribution in [-0.2, 0) is 4.79 Å². The molecule has 1 aromatic rings. The van der Waals surface area contributed by atoms with Crippen LogP contribution in [0.4, 0.5) is 4.79 Å². The van der Waals surface area contributed by atoms with Gasteiger partial charge in [-0.25, -0.2) is 10.2 Å². The monoisotopic (exact) mass is 397 g/mol. The van der Waals surface area contributed by atoms with E-state index in [1.165, 1.54) is 25.0 Å². The first-order valence-corrected chi connectivity index (χ1v) is 10.5. The average molecular weight is 398 g/mol. The molecule has 0 spiro atoms. The lowest BCUT2D eigenvalue weighted by Gasteiger charge is -2.13. The Labute approximate surface area is 165 Å². The molecule has 0 heterocycles. The van der Waals surface area contributed by atoms with E-state index in [-0.39, 0.29) is 24.8 Å². The molecule has 1 atom stereocenters. The number of phenolic OH excluding ortho intramolecular Hbond substituents is 1. The van der Waals surface area contributed by atoms with Crippen molar-refractivity contribution in [3.8, 4) is 11.5 Å². The zero-order valence-corrected chi connectivity index (χ0v) is 16.9. The highest BCUT2D eigenvalue weighted by Crippen LogP contribution is 2.20. The molecule has 1 aromatic carbocycles. The van der Waals surface area contributed by atoms with Gasteiger partial charge in [0.2, 0.25) is 5.91 Å². The highest BCUT2D eigenvalue weighted by atomic mass is 32.2. The molecule has 4 N–H and O–H groups in total. The van der Waals surface area contributed by atoms with E-state index in [1.54, 1.807) is 12.1 Å². The van der Waals surface area contributed by atoms with Crippen molar-refractivity contribution in [2.45, 2.75) is 51.2 Å². The van der Waals surface area contributed by atoms with E-state index in [0.717, 1.165) is 18.6 Å². The highest BCUT2D eigenvalue weighted by Gasteiger charge is 2.07. The van der Waals surface area contributed by atoms with Gasteiger partial charge in [0.05, 0.1) is 6.54 Å². The molecule has 0 radical (unpaired) electrons. The minimum atomic E-state index is -0.485. The van der Waals surface area contributed by atoms with Crippen molar-refractivity contribution in [2.24, 2.45) is 0 Å². The van der Waals surface area contributed by atoms with Gasteiger partial charge in [0.15, 0.2) is 0 Å². The van der Waals surface area contributed by atoms with Crippen molar-refractivity contribution in [1.82, 2.24) is 16.2 Å². The van der Waals surface area contributed by atoms with E-state index in [9.17, 15) is 14.7 Å². The normalized spacial score (nSPS) is 11.5. The predicted octanol–water partition coefficient (Wildman–Crippen LogP) is 3.19. The molecule has 8 heteroatoms. The van der Waals surface area contributed by atoms with Crippen molar-refractivity contribution in [3.63, 3.8) is 0 Å². The summed E-state index contributed by atoms with van der Waals surface area (Å²) in [6.07, 6.45) is 4.74. The van der Waals surface area contributed by atoms with E-state index in [1.807, 2.05) is 11.8 Å². The van der Waals surface area contributed by atoms with Crippen molar-refractivity contribution >= 4 is 23.7 Å². The van der Waals surface area contributed by atoms with Gasteiger partial charge in [-0.3, -0.25) is 10.2 Å². The fourth-order valence-electron chi connectivity index (χ4n) is 2.32. The van der Waals surface area contributed by atoms with Gasteiger partial charge < -0.3 is 15.2 Å². The number of carbonyl (C=O) groups excluding carboxylic acids is 2. The molecule has 0 bridgehead atoms. The van der Waals surface area contributed by atoms with Crippen LogP contribution in [0.25, 0.3) is 0 Å². The lowest BCUT2D eigenvalue weighted by molar-refractivity contribution is -0.121. The Hall–Kier alpha value is -2.09. The molecule has 0 aliphatic heterocycles. The summed E-state index contributed by atoms with van der Waals surface area (Å²) in [6, 6.07) is 5.84. The van der Waals surface area contributed by atoms with Crippen molar-refractivity contribution < 1.29 is 19.4 Å². The smallest absolute Gasteiger partial charge is 0.333 e. The van der Waals surface area contributed by atoms with Gasteiger partial charge in [-0.15, -0.1) is 0 Å². The summed E-state index contributed by atoms with van der Waals surface area (Å²) in [5.41, 5.74) is 4.72. The second-order valence-electron chi connectivity index (χ2n) is 6.06. The fraction of sp³-hybridized carbons (Fsp3) is 0.579. The summed E-state index contributed by atoms with van der Waals surface area (Å²) < 4.78 is 5.40. The number of thioether (sulfide) groups is 1. The number of amides is 3. The summed E-state index contributed by atoms with van der Waals surface area (Å²) in [6.45, 7) is 4.94. The molecule has 0 saturated carbocycles. The Morgan fingerprint density at radius 1 is 1.19 bits per heavy atom. The van der Waals surface area contributed by atoms with E-state index in [2.05, 4.69) is 30.0 Å². The first kappa shape index (κ1) is 23.0. The number of hydrogen-bond donors (Lipinski definition) is 4. The number of urea groups is 1. The molecular formula is C19H31N3O4S. The standard InChI is InChI=1S/C19H31N3O4S/c1-3-6-17(4-2)27-14-5-7-18(24)21-22-19(25)20-12-13-26-16-10-8-15(23)9-11-16/h8-11,17,23H,3-7,12-14H2,1-2H3,(H,21,24)(H2,20,22,25). The van der Waals surface area contributed by atoms with Crippen LogP contribution in [0.2, 0.25) is 0 Å². The van der Waals surface area contributed by atoms with Crippen LogP contribution in [0.1, 0.15) is 46.0 Å². The first-order chi connectivity index (χ1) is 13.0. The van der Waals surface area contributed by atoms with Crippen molar-refractivity contribution in [1.29, 1.82) is 0 Å². The van der Waals surface area contributed by atoms with Gasteiger partial charge in [0.1, 0.15) is 18.1 Å². The molecule has 1 rings (SSSR count). The minimum absolute atomic E-state index is 0.167. The van der Waals surface area contributed by atoms with Crippen LogP contribution in [-0.4, -0.2) is 41.2 Å². The summed E-state index contributed by atoms with van der Waals surface area (Å²) >= 11 is 1.92. The third kappa shape index (κ3) is 11.3.